The molecule has 3 aromatic rings. The van der Waals surface area contributed by atoms with Crippen molar-refractivity contribution >= 4 is 39.1 Å². The standard InChI is InChI=1S/C28H32ClN3O4S/c1-21(27(34)30-28(2,3)4)31(19-22-12-7-5-8-13-22)26(33)20-32(24-15-11-14-23(29)18-24)37(35,36)25-16-9-6-10-17-25/h5-18,21H,19-20H2,1-4H3,(H,30,34). The molecule has 3 aromatic carbocycles. The van der Waals surface area contributed by atoms with E-state index in [9.17, 15) is 18.0 Å². The number of hydrogen-bond acceptors (Lipinski definition) is 4. The molecule has 0 aliphatic heterocycles. The highest BCUT2D eigenvalue weighted by Crippen LogP contribution is 2.26. The van der Waals surface area contributed by atoms with Crippen LogP contribution in [0, 0.1) is 0 Å². The van der Waals surface area contributed by atoms with Gasteiger partial charge in [-0.3, -0.25) is 13.9 Å². The Balaban J connectivity index is 2.01. The summed E-state index contributed by atoms with van der Waals surface area (Å²) in [4.78, 5) is 28.3. The first-order chi connectivity index (χ1) is 17.4. The summed E-state index contributed by atoms with van der Waals surface area (Å²) in [6.07, 6.45) is 0. The van der Waals surface area contributed by atoms with E-state index in [1.54, 1.807) is 43.3 Å². The molecule has 1 unspecified atom stereocenters. The molecule has 1 atom stereocenters. The minimum absolute atomic E-state index is 0.0379. The summed E-state index contributed by atoms with van der Waals surface area (Å²) in [5.74, 6) is -0.864. The maximum Gasteiger partial charge on any atom is 0.264 e. The van der Waals surface area contributed by atoms with Gasteiger partial charge in [-0.2, -0.15) is 0 Å². The van der Waals surface area contributed by atoms with E-state index in [1.807, 2.05) is 51.1 Å². The maximum atomic E-state index is 13.8. The molecular weight excluding hydrogens is 510 g/mol. The molecule has 0 fully saturated rings. The van der Waals surface area contributed by atoms with Crippen molar-refractivity contribution in [1.82, 2.24) is 10.2 Å². The van der Waals surface area contributed by atoms with Crippen LogP contribution < -0.4 is 9.62 Å². The normalized spacial score (nSPS) is 12.5. The van der Waals surface area contributed by atoms with Crippen molar-refractivity contribution in [3.63, 3.8) is 0 Å². The van der Waals surface area contributed by atoms with Crippen LogP contribution in [0.5, 0.6) is 0 Å². The van der Waals surface area contributed by atoms with E-state index in [2.05, 4.69) is 5.32 Å². The Morgan fingerprint density at radius 3 is 2.08 bits per heavy atom. The highest BCUT2D eigenvalue weighted by molar-refractivity contribution is 7.92. The lowest BCUT2D eigenvalue weighted by molar-refractivity contribution is -0.140. The maximum absolute atomic E-state index is 13.8. The summed E-state index contributed by atoms with van der Waals surface area (Å²) in [7, 11) is -4.12. The molecule has 7 nitrogen and oxygen atoms in total. The van der Waals surface area contributed by atoms with Crippen LogP contribution in [0.2, 0.25) is 5.02 Å². The van der Waals surface area contributed by atoms with Gasteiger partial charge in [-0.05, 0) is 63.6 Å². The Labute approximate surface area is 224 Å². The molecule has 37 heavy (non-hydrogen) atoms. The summed E-state index contributed by atoms with van der Waals surface area (Å²) in [5, 5.41) is 3.24. The average molecular weight is 542 g/mol. The molecule has 1 N–H and O–H groups in total. The number of sulfonamides is 1. The van der Waals surface area contributed by atoms with Gasteiger partial charge in [0.2, 0.25) is 11.8 Å². The quantitative estimate of drug-likeness (QED) is 0.419. The van der Waals surface area contributed by atoms with Gasteiger partial charge in [0.05, 0.1) is 10.6 Å². The minimum atomic E-state index is -4.12. The lowest BCUT2D eigenvalue weighted by Gasteiger charge is -2.33. The summed E-state index contributed by atoms with van der Waals surface area (Å²) in [5.41, 5.74) is 0.554. The smallest absolute Gasteiger partial charge is 0.264 e. The second kappa shape index (κ2) is 11.8. The molecule has 0 radical (unpaired) electrons. The highest BCUT2D eigenvalue weighted by atomic mass is 35.5. The van der Waals surface area contributed by atoms with Gasteiger partial charge in [0.1, 0.15) is 12.6 Å². The van der Waals surface area contributed by atoms with E-state index in [-0.39, 0.29) is 23.0 Å². The molecule has 0 saturated carbocycles. The zero-order valence-electron chi connectivity index (χ0n) is 21.4. The minimum Gasteiger partial charge on any atom is -0.350 e. The van der Waals surface area contributed by atoms with Gasteiger partial charge in [0.15, 0.2) is 0 Å². The van der Waals surface area contributed by atoms with E-state index in [0.29, 0.717) is 5.02 Å². The van der Waals surface area contributed by atoms with E-state index in [4.69, 9.17) is 11.6 Å². The van der Waals surface area contributed by atoms with Crippen molar-refractivity contribution in [1.29, 1.82) is 0 Å². The number of benzene rings is 3. The topological polar surface area (TPSA) is 86.8 Å². The molecule has 9 heteroatoms. The predicted molar refractivity (Wildman–Crippen MR) is 147 cm³/mol. The highest BCUT2D eigenvalue weighted by Gasteiger charge is 2.33. The molecule has 2 amide bonds. The Morgan fingerprint density at radius 1 is 0.919 bits per heavy atom. The van der Waals surface area contributed by atoms with E-state index in [1.165, 1.54) is 23.1 Å². The fraction of sp³-hybridized carbons (Fsp3) is 0.286. The molecule has 0 aliphatic carbocycles. The number of hydrogen-bond donors (Lipinski definition) is 1. The fourth-order valence-electron chi connectivity index (χ4n) is 3.72. The summed E-state index contributed by atoms with van der Waals surface area (Å²) in [6.45, 7) is 6.82. The van der Waals surface area contributed by atoms with Gasteiger partial charge in [-0.25, -0.2) is 8.42 Å². The van der Waals surface area contributed by atoms with Crippen LogP contribution in [-0.4, -0.2) is 43.3 Å². The zero-order chi connectivity index (χ0) is 27.2. The summed E-state index contributed by atoms with van der Waals surface area (Å²) >= 11 is 6.18. The van der Waals surface area contributed by atoms with E-state index in [0.717, 1.165) is 9.87 Å². The third kappa shape index (κ3) is 7.57. The molecule has 0 aromatic heterocycles. The molecule has 3 rings (SSSR count). The summed E-state index contributed by atoms with van der Waals surface area (Å²) < 4.78 is 28.4. The lowest BCUT2D eigenvalue weighted by Crippen LogP contribution is -2.54. The zero-order valence-corrected chi connectivity index (χ0v) is 23.0. The number of rotatable bonds is 9. The Bertz CT molecular complexity index is 1330. The molecule has 0 spiro atoms. The molecule has 196 valence electrons. The molecule has 0 bridgehead atoms. The van der Waals surface area contributed by atoms with Crippen LogP contribution in [0.4, 0.5) is 5.69 Å². The van der Waals surface area contributed by atoms with Crippen LogP contribution in [0.15, 0.2) is 89.8 Å². The van der Waals surface area contributed by atoms with Gasteiger partial charge in [0.25, 0.3) is 10.0 Å². The van der Waals surface area contributed by atoms with Crippen molar-refractivity contribution in [2.75, 3.05) is 10.8 Å². The van der Waals surface area contributed by atoms with Crippen molar-refractivity contribution in [3.8, 4) is 0 Å². The second-order valence-corrected chi connectivity index (χ2v) is 12.0. The van der Waals surface area contributed by atoms with Crippen LogP contribution in [0.3, 0.4) is 0 Å². The number of carbonyl (C=O) groups is 2. The number of anilines is 1. The Morgan fingerprint density at radius 2 is 1.51 bits per heavy atom. The number of amides is 2. The first-order valence-electron chi connectivity index (χ1n) is 11.9. The van der Waals surface area contributed by atoms with E-state index >= 15 is 0 Å². The second-order valence-electron chi connectivity index (χ2n) is 9.73. The largest absolute Gasteiger partial charge is 0.350 e. The van der Waals surface area contributed by atoms with Gasteiger partial charge in [-0.15, -0.1) is 0 Å². The monoisotopic (exact) mass is 541 g/mol. The van der Waals surface area contributed by atoms with Crippen molar-refractivity contribution < 1.29 is 18.0 Å². The third-order valence-electron chi connectivity index (χ3n) is 5.57. The summed E-state index contributed by atoms with van der Waals surface area (Å²) in [6, 6.07) is 22.6. The number of nitrogens with one attached hydrogen (secondary N) is 1. The number of halogens is 1. The van der Waals surface area contributed by atoms with Crippen LogP contribution in [-0.2, 0) is 26.2 Å². The van der Waals surface area contributed by atoms with Gasteiger partial charge >= 0.3 is 0 Å². The lowest BCUT2D eigenvalue weighted by atomic mass is 10.1. The third-order valence-corrected chi connectivity index (χ3v) is 7.59. The number of carbonyl (C=O) groups excluding carboxylic acids is 2. The fourth-order valence-corrected chi connectivity index (χ4v) is 5.33. The van der Waals surface area contributed by atoms with Crippen molar-refractivity contribution in [2.24, 2.45) is 0 Å². The molecule has 0 saturated heterocycles. The first-order valence-corrected chi connectivity index (χ1v) is 13.7. The SMILES string of the molecule is CC(C(=O)NC(C)(C)C)N(Cc1ccccc1)C(=O)CN(c1cccc(Cl)c1)S(=O)(=O)c1ccccc1. The molecule has 0 aliphatic rings. The van der Waals surface area contributed by atoms with Gasteiger partial charge < -0.3 is 10.2 Å². The predicted octanol–water partition coefficient (Wildman–Crippen LogP) is 4.87. The van der Waals surface area contributed by atoms with Crippen LogP contribution in [0.25, 0.3) is 0 Å². The Kier molecular flexibility index (Phi) is 8.99. The van der Waals surface area contributed by atoms with E-state index < -0.39 is 34.1 Å². The first kappa shape index (κ1) is 28.2. The van der Waals surface area contributed by atoms with Crippen LogP contribution >= 0.6 is 11.6 Å². The van der Waals surface area contributed by atoms with Gasteiger partial charge in [-0.1, -0.05) is 66.2 Å². The van der Waals surface area contributed by atoms with Crippen LogP contribution in [0.1, 0.15) is 33.3 Å². The Hall–Kier alpha value is -3.36. The van der Waals surface area contributed by atoms with Gasteiger partial charge in [0, 0.05) is 17.1 Å². The van der Waals surface area contributed by atoms with Crippen molar-refractivity contribution in [3.05, 3.63) is 95.5 Å². The van der Waals surface area contributed by atoms with Crippen molar-refractivity contribution in [2.45, 2.75) is 50.7 Å². The molecular formula is C28H32ClN3O4S. The molecule has 0 heterocycles. The average Bonchev–Trinajstić information content (AvgIpc) is 2.85. The number of nitrogens with zero attached hydrogens (tertiary/aromatic N) is 2.